The number of anilines is 1. The summed E-state index contributed by atoms with van der Waals surface area (Å²) in [5.74, 6) is -0.898. The Balaban J connectivity index is 1.61. The third-order valence-electron chi connectivity index (χ3n) is 4.99. The average molecular weight is 511 g/mol. The third kappa shape index (κ3) is 6.92. The SMILES string of the molecule is CCCCOC(=O)c1ccc(NC(=O)COc2ccc(Cl)cc2S(=O)(=O)N2CCOCC2)cc1. The van der Waals surface area contributed by atoms with Gasteiger partial charge in [0, 0.05) is 23.8 Å². The smallest absolute Gasteiger partial charge is 0.338 e. The molecule has 3 rings (SSSR count). The van der Waals surface area contributed by atoms with E-state index in [4.69, 9.17) is 25.8 Å². The third-order valence-corrected chi connectivity index (χ3v) is 7.14. The number of unbranched alkanes of at least 4 members (excludes halogenated alkanes) is 1. The Morgan fingerprint density at radius 1 is 1.12 bits per heavy atom. The Bertz CT molecular complexity index is 1100. The minimum absolute atomic E-state index is 0.0243. The van der Waals surface area contributed by atoms with Crippen LogP contribution in [0.25, 0.3) is 0 Å². The molecule has 0 aromatic heterocycles. The quantitative estimate of drug-likeness (QED) is 0.385. The molecular weight excluding hydrogens is 484 g/mol. The topological polar surface area (TPSA) is 111 Å². The van der Waals surface area contributed by atoms with E-state index in [2.05, 4.69) is 5.32 Å². The first kappa shape index (κ1) is 26.0. The van der Waals surface area contributed by atoms with Gasteiger partial charge in [-0.3, -0.25) is 4.79 Å². The molecule has 0 saturated carbocycles. The number of hydrogen-bond donors (Lipinski definition) is 1. The molecular formula is C23H27ClN2O7S. The van der Waals surface area contributed by atoms with E-state index in [0.29, 0.717) is 31.1 Å². The molecule has 11 heteroatoms. The van der Waals surface area contributed by atoms with Crippen LogP contribution in [0, 0.1) is 0 Å². The summed E-state index contributed by atoms with van der Waals surface area (Å²) in [7, 11) is -3.88. The van der Waals surface area contributed by atoms with Crippen LogP contribution < -0.4 is 10.1 Å². The predicted molar refractivity (Wildman–Crippen MR) is 127 cm³/mol. The number of carbonyl (C=O) groups is 2. The van der Waals surface area contributed by atoms with Gasteiger partial charge in [-0.2, -0.15) is 4.31 Å². The maximum absolute atomic E-state index is 13.1. The number of nitrogens with one attached hydrogen (secondary N) is 1. The number of morpholine rings is 1. The second-order valence-corrected chi connectivity index (χ2v) is 9.85. The van der Waals surface area contributed by atoms with E-state index in [9.17, 15) is 18.0 Å². The minimum Gasteiger partial charge on any atom is -0.482 e. The van der Waals surface area contributed by atoms with Crippen molar-refractivity contribution in [3.63, 3.8) is 0 Å². The lowest BCUT2D eigenvalue weighted by Gasteiger charge is -2.26. The Labute approximate surface area is 204 Å². The van der Waals surface area contributed by atoms with Gasteiger partial charge >= 0.3 is 5.97 Å². The summed E-state index contributed by atoms with van der Waals surface area (Å²) >= 11 is 6.03. The maximum Gasteiger partial charge on any atom is 0.338 e. The van der Waals surface area contributed by atoms with Crippen LogP contribution in [-0.2, 0) is 24.3 Å². The van der Waals surface area contributed by atoms with E-state index in [0.717, 1.165) is 12.8 Å². The lowest BCUT2D eigenvalue weighted by atomic mass is 10.2. The van der Waals surface area contributed by atoms with E-state index in [1.165, 1.54) is 22.5 Å². The number of rotatable bonds is 10. The first-order chi connectivity index (χ1) is 16.3. The molecule has 1 aliphatic heterocycles. The summed E-state index contributed by atoms with van der Waals surface area (Å²) in [6.07, 6.45) is 1.72. The van der Waals surface area contributed by atoms with Gasteiger partial charge in [0.2, 0.25) is 10.0 Å². The van der Waals surface area contributed by atoms with Crippen molar-refractivity contribution in [1.29, 1.82) is 0 Å². The highest BCUT2D eigenvalue weighted by Gasteiger charge is 2.29. The van der Waals surface area contributed by atoms with Gasteiger partial charge in [0.1, 0.15) is 10.6 Å². The molecule has 1 fully saturated rings. The number of carbonyl (C=O) groups excluding carboxylic acids is 2. The number of nitrogens with zero attached hydrogens (tertiary/aromatic N) is 1. The predicted octanol–water partition coefficient (Wildman–Crippen LogP) is 3.34. The molecule has 1 saturated heterocycles. The Morgan fingerprint density at radius 2 is 1.82 bits per heavy atom. The molecule has 0 aliphatic carbocycles. The number of esters is 1. The number of hydrogen-bond acceptors (Lipinski definition) is 7. The first-order valence-electron chi connectivity index (χ1n) is 10.9. The van der Waals surface area contributed by atoms with Crippen molar-refractivity contribution in [3.8, 4) is 5.75 Å². The highest BCUT2D eigenvalue weighted by molar-refractivity contribution is 7.89. The molecule has 0 radical (unpaired) electrons. The molecule has 1 N–H and O–H groups in total. The summed E-state index contributed by atoms with van der Waals surface area (Å²) in [5, 5.41) is 2.88. The van der Waals surface area contributed by atoms with Crippen molar-refractivity contribution in [2.24, 2.45) is 0 Å². The van der Waals surface area contributed by atoms with E-state index in [1.807, 2.05) is 6.92 Å². The minimum atomic E-state index is -3.88. The molecule has 34 heavy (non-hydrogen) atoms. The van der Waals surface area contributed by atoms with Gasteiger partial charge in [-0.1, -0.05) is 24.9 Å². The fourth-order valence-electron chi connectivity index (χ4n) is 3.15. The molecule has 2 aromatic carbocycles. The van der Waals surface area contributed by atoms with Crippen molar-refractivity contribution in [2.75, 3.05) is 44.8 Å². The fraction of sp³-hybridized carbons (Fsp3) is 0.391. The zero-order chi connectivity index (χ0) is 24.6. The largest absolute Gasteiger partial charge is 0.482 e. The second-order valence-electron chi connectivity index (χ2n) is 7.51. The Hall–Kier alpha value is -2.66. The molecule has 0 atom stereocenters. The highest BCUT2D eigenvalue weighted by Crippen LogP contribution is 2.30. The van der Waals surface area contributed by atoms with Gasteiger partial charge < -0.3 is 19.5 Å². The van der Waals surface area contributed by atoms with Crippen LogP contribution in [0.3, 0.4) is 0 Å². The van der Waals surface area contributed by atoms with Crippen LogP contribution in [0.1, 0.15) is 30.1 Å². The lowest BCUT2D eigenvalue weighted by molar-refractivity contribution is -0.118. The fourth-order valence-corrected chi connectivity index (χ4v) is 4.95. The Morgan fingerprint density at radius 3 is 2.50 bits per heavy atom. The van der Waals surface area contributed by atoms with Crippen molar-refractivity contribution < 1.29 is 32.2 Å². The van der Waals surface area contributed by atoms with Gasteiger partial charge in [-0.15, -0.1) is 0 Å². The number of amides is 1. The van der Waals surface area contributed by atoms with Gasteiger partial charge in [-0.25, -0.2) is 13.2 Å². The van der Waals surface area contributed by atoms with Crippen LogP contribution in [0.5, 0.6) is 5.75 Å². The van der Waals surface area contributed by atoms with Gasteiger partial charge in [0.15, 0.2) is 6.61 Å². The summed E-state index contributed by atoms with van der Waals surface area (Å²) < 4.78 is 43.3. The molecule has 0 spiro atoms. The van der Waals surface area contributed by atoms with Crippen molar-refractivity contribution in [2.45, 2.75) is 24.7 Å². The second kappa shape index (κ2) is 12.2. The molecule has 1 aliphatic rings. The number of halogens is 1. The lowest BCUT2D eigenvalue weighted by Crippen LogP contribution is -2.40. The van der Waals surface area contributed by atoms with Crippen LogP contribution >= 0.6 is 11.6 Å². The van der Waals surface area contributed by atoms with Gasteiger partial charge in [-0.05, 0) is 48.9 Å². The van der Waals surface area contributed by atoms with Crippen molar-refractivity contribution >= 4 is 39.2 Å². The van der Waals surface area contributed by atoms with Gasteiger partial charge in [0.25, 0.3) is 5.91 Å². The molecule has 1 amide bonds. The van der Waals surface area contributed by atoms with Crippen LogP contribution in [-0.4, -0.2) is 64.1 Å². The van der Waals surface area contributed by atoms with E-state index >= 15 is 0 Å². The van der Waals surface area contributed by atoms with E-state index in [1.54, 1.807) is 24.3 Å². The highest BCUT2D eigenvalue weighted by atomic mass is 35.5. The van der Waals surface area contributed by atoms with Crippen LogP contribution in [0.4, 0.5) is 5.69 Å². The Kier molecular flexibility index (Phi) is 9.28. The number of sulfonamides is 1. The molecule has 184 valence electrons. The zero-order valence-electron chi connectivity index (χ0n) is 18.8. The standard InChI is InChI=1S/C23H27ClN2O7S/c1-2-3-12-32-23(28)17-4-7-19(8-5-17)25-22(27)16-33-20-9-6-18(24)15-21(20)34(29,30)26-10-13-31-14-11-26/h4-9,15H,2-3,10-14,16H2,1H3,(H,25,27). The summed E-state index contributed by atoms with van der Waals surface area (Å²) in [4.78, 5) is 24.2. The van der Waals surface area contributed by atoms with Gasteiger partial charge in [0.05, 0.1) is 25.4 Å². The maximum atomic E-state index is 13.1. The summed E-state index contributed by atoms with van der Waals surface area (Å²) in [5.41, 5.74) is 0.834. The van der Waals surface area contributed by atoms with E-state index < -0.39 is 28.5 Å². The van der Waals surface area contributed by atoms with Crippen LogP contribution in [0.15, 0.2) is 47.4 Å². The number of ether oxygens (including phenoxy) is 3. The molecule has 0 bridgehead atoms. The van der Waals surface area contributed by atoms with Crippen LogP contribution in [0.2, 0.25) is 5.02 Å². The molecule has 2 aromatic rings. The summed E-state index contributed by atoms with van der Waals surface area (Å²) in [6, 6.07) is 10.5. The monoisotopic (exact) mass is 510 g/mol. The zero-order valence-corrected chi connectivity index (χ0v) is 20.4. The molecule has 9 nitrogen and oxygen atoms in total. The number of benzene rings is 2. The first-order valence-corrected chi connectivity index (χ1v) is 12.7. The normalized spacial score (nSPS) is 14.4. The summed E-state index contributed by atoms with van der Waals surface area (Å²) in [6.45, 7) is 2.98. The van der Waals surface area contributed by atoms with E-state index in [-0.39, 0.29) is 28.8 Å². The molecule has 0 unspecified atom stereocenters. The average Bonchev–Trinajstić information content (AvgIpc) is 2.84. The van der Waals surface area contributed by atoms with Crippen molar-refractivity contribution in [1.82, 2.24) is 4.31 Å². The molecule has 1 heterocycles. The van der Waals surface area contributed by atoms with Crippen molar-refractivity contribution in [3.05, 3.63) is 53.1 Å².